The highest BCUT2D eigenvalue weighted by atomic mass is 35.5. The van der Waals surface area contributed by atoms with E-state index in [-0.39, 0.29) is 5.82 Å². The topological polar surface area (TPSA) is 6.48 Å². The van der Waals surface area contributed by atoms with Gasteiger partial charge in [0.1, 0.15) is 5.82 Å². The van der Waals surface area contributed by atoms with Crippen LogP contribution in [0.25, 0.3) is 0 Å². The fraction of sp³-hybridized carbons (Fsp3) is 0.538. The number of halogens is 3. The summed E-state index contributed by atoms with van der Waals surface area (Å²) in [6, 6.07) is 3.27. The van der Waals surface area contributed by atoms with Crippen LogP contribution in [-0.2, 0) is 0 Å². The summed E-state index contributed by atoms with van der Waals surface area (Å²) in [6.45, 7) is 4.07. The number of rotatable bonds is 1. The van der Waals surface area contributed by atoms with E-state index in [1.54, 1.807) is 0 Å². The molecule has 0 bridgehead atoms. The van der Waals surface area contributed by atoms with Crippen LogP contribution in [0.4, 0.5) is 10.1 Å². The molecule has 5 heteroatoms. The molecular weight excluding hydrogens is 274 g/mol. The Balaban J connectivity index is 1.87. The monoisotopic (exact) mass is 288 g/mol. The molecule has 2 aliphatic rings. The van der Waals surface area contributed by atoms with Gasteiger partial charge in [0.15, 0.2) is 0 Å². The van der Waals surface area contributed by atoms with Gasteiger partial charge in [0.05, 0.1) is 15.7 Å². The third-order valence-electron chi connectivity index (χ3n) is 3.89. The van der Waals surface area contributed by atoms with Crippen molar-refractivity contribution in [2.24, 2.45) is 0 Å². The van der Waals surface area contributed by atoms with Gasteiger partial charge in [0.25, 0.3) is 0 Å². The van der Waals surface area contributed by atoms with Crippen LogP contribution in [0.2, 0.25) is 10.0 Å². The molecule has 0 radical (unpaired) electrons. The Hall–Kier alpha value is -0.510. The number of benzene rings is 1. The van der Waals surface area contributed by atoms with Crippen molar-refractivity contribution in [1.82, 2.24) is 4.90 Å². The predicted molar refractivity (Wildman–Crippen MR) is 73.2 cm³/mol. The van der Waals surface area contributed by atoms with E-state index >= 15 is 0 Å². The molecule has 18 heavy (non-hydrogen) atoms. The molecule has 0 N–H and O–H groups in total. The van der Waals surface area contributed by atoms with E-state index in [0.29, 0.717) is 16.1 Å². The molecule has 2 saturated heterocycles. The summed E-state index contributed by atoms with van der Waals surface area (Å²) in [5.74, 6) is -0.381. The zero-order valence-electron chi connectivity index (χ0n) is 10.0. The summed E-state index contributed by atoms with van der Waals surface area (Å²) in [7, 11) is 0. The van der Waals surface area contributed by atoms with Crippen LogP contribution in [0.15, 0.2) is 12.1 Å². The average molecular weight is 289 g/mol. The second kappa shape index (κ2) is 4.87. The largest absolute Gasteiger partial charge is 0.366 e. The van der Waals surface area contributed by atoms with Gasteiger partial charge in [-0.1, -0.05) is 23.2 Å². The van der Waals surface area contributed by atoms with Gasteiger partial charge in [-0.15, -0.1) is 0 Å². The van der Waals surface area contributed by atoms with Crippen molar-refractivity contribution in [1.29, 1.82) is 0 Å². The molecular formula is C13H15Cl2FN2. The Morgan fingerprint density at radius 2 is 1.83 bits per heavy atom. The van der Waals surface area contributed by atoms with E-state index in [4.69, 9.17) is 23.2 Å². The Bertz CT molecular complexity index is 443. The van der Waals surface area contributed by atoms with Crippen molar-refractivity contribution in [3.8, 4) is 0 Å². The number of hydrogen-bond donors (Lipinski definition) is 0. The lowest BCUT2D eigenvalue weighted by molar-refractivity contribution is 0.231. The quantitative estimate of drug-likeness (QED) is 0.781. The molecule has 0 saturated carbocycles. The highest BCUT2D eigenvalue weighted by Crippen LogP contribution is 2.36. The number of nitrogens with zero attached hydrogens (tertiary/aromatic N) is 2. The summed E-state index contributed by atoms with van der Waals surface area (Å²) in [4.78, 5) is 4.71. The van der Waals surface area contributed by atoms with Crippen molar-refractivity contribution in [3.05, 3.63) is 28.0 Å². The van der Waals surface area contributed by atoms with Gasteiger partial charge in [0.2, 0.25) is 0 Å². The van der Waals surface area contributed by atoms with Gasteiger partial charge < -0.3 is 4.90 Å². The second-order valence-corrected chi connectivity index (χ2v) is 5.81. The van der Waals surface area contributed by atoms with Gasteiger partial charge >= 0.3 is 0 Å². The minimum absolute atomic E-state index is 0.381. The first-order chi connectivity index (χ1) is 8.65. The molecule has 3 rings (SSSR count). The van der Waals surface area contributed by atoms with E-state index in [2.05, 4.69) is 9.80 Å². The maximum absolute atomic E-state index is 13.2. The van der Waals surface area contributed by atoms with E-state index < -0.39 is 0 Å². The number of fused-ring (bicyclic) bond motifs is 1. The molecule has 0 aliphatic carbocycles. The van der Waals surface area contributed by atoms with Crippen molar-refractivity contribution in [2.75, 3.05) is 31.1 Å². The standard InChI is InChI=1S/C13H15Cl2FN2/c14-11-6-9(16)7-12(15)13(11)18-5-4-17-3-1-2-10(17)8-18/h6-7,10H,1-5,8H2. The summed E-state index contributed by atoms with van der Waals surface area (Å²) in [5, 5.41) is 0.817. The van der Waals surface area contributed by atoms with Gasteiger partial charge in [-0.05, 0) is 31.5 Å². The van der Waals surface area contributed by atoms with E-state index in [1.807, 2.05) is 0 Å². The van der Waals surface area contributed by atoms with Crippen LogP contribution in [-0.4, -0.2) is 37.1 Å². The zero-order chi connectivity index (χ0) is 12.7. The van der Waals surface area contributed by atoms with Gasteiger partial charge in [-0.2, -0.15) is 0 Å². The zero-order valence-corrected chi connectivity index (χ0v) is 11.5. The molecule has 1 aromatic rings. The van der Waals surface area contributed by atoms with Crippen LogP contribution in [0.3, 0.4) is 0 Å². The van der Waals surface area contributed by atoms with Crippen LogP contribution in [0, 0.1) is 5.82 Å². The Morgan fingerprint density at radius 3 is 2.56 bits per heavy atom. The minimum Gasteiger partial charge on any atom is -0.366 e. The molecule has 0 spiro atoms. The number of hydrogen-bond acceptors (Lipinski definition) is 2. The van der Waals surface area contributed by atoms with Crippen molar-refractivity contribution >= 4 is 28.9 Å². The number of piperazine rings is 1. The van der Waals surface area contributed by atoms with Crippen molar-refractivity contribution < 1.29 is 4.39 Å². The third-order valence-corrected chi connectivity index (χ3v) is 4.46. The summed E-state index contributed by atoms with van der Waals surface area (Å²) in [5.41, 5.74) is 0.784. The Labute approximate surface area is 116 Å². The molecule has 0 aromatic heterocycles. The summed E-state index contributed by atoms with van der Waals surface area (Å²) in [6.07, 6.45) is 2.50. The highest BCUT2D eigenvalue weighted by Gasteiger charge is 2.32. The molecule has 1 unspecified atom stereocenters. The highest BCUT2D eigenvalue weighted by molar-refractivity contribution is 6.39. The fourth-order valence-electron chi connectivity index (χ4n) is 3.03. The van der Waals surface area contributed by atoms with Crippen LogP contribution in [0.1, 0.15) is 12.8 Å². The smallest absolute Gasteiger partial charge is 0.126 e. The minimum atomic E-state index is -0.381. The molecule has 2 nitrogen and oxygen atoms in total. The van der Waals surface area contributed by atoms with Crippen LogP contribution in [0.5, 0.6) is 0 Å². The van der Waals surface area contributed by atoms with Crippen molar-refractivity contribution in [2.45, 2.75) is 18.9 Å². The molecule has 2 aliphatic heterocycles. The first kappa shape index (κ1) is 12.5. The maximum Gasteiger partial charge on any atom is 0.126 e. The SMILES string of the molecule is Fc1cc(Cl)c(N2CCN3CCCC3C2)c(Cl)c1. The normalized spacial score (nSPS) is 24.4. The van der Waals surface area contributed by atoms with Crippen molar-refractivity contribution in [3.63, 3.8) is 0 Å². The average Bonchev–Trinajstić information content (AvgIpc) is 2.74. The predicted octanol–water partition coefficient (Wildman–Crippen LogP) is 3.42. The first-order valence-corrected chi connectivity index (χ1v) is 7.04. The fourth-order valence-corrected chi connectivity index (χ4v) is 3.73. The van der Waals surface area contributed by atoms with E-state index in [9.17, 15) is 4.39 Å². The Morgan fingerprint density at radius 1 is 1.11 bits per heavy atom. The molecule has 98 valence electrons. The van der Waals surface area contributed by atoms with Gasteiger partial charge in [-0.25, -0.2) is 4.39 Å². The second-order valence-electron chi connectivity index (χ2n) is 5.00. The lowest BCUT2D eigenvalue weighted by atomic mass is 10.1. The first-order valence-electron chi connectivity index (χ1n) is 6.28. The molecule has 1 atom stereocenters. The summed E-state index contributed by atoms with van der Waals surface area (Å²) < 4.78 is 13.2. The van der Waals surface area contributed by atoms with E-state index in [1.165, 1.54) is 31.5 Å². The molecule has 2 fully saturated rings. The maximum atomic E-state index is 13.2. The van der Waals surface area contributed by atoms with Crippen LogP contribution < -0.4 is 4.90 Å². The van der Waals surface area contributed by atoms with Gasteiger partial charge in [0, 0.05) is 25.7 Å². The van der Waals surface area contributed by atoms with Gasteiger partial charge in [-0.3, -0.25) is 4.90 Å². The lowest BCUT2D eigenvalue weighted by Crippen LogP contribution is -2.50. The van der Waals surface area contributed by atoms with E-state index in [0.717, 1.165) is 25.3 Å². The third kappa shape index (κ3) is 2.20. The number of anilines is 1. The van der Waals surface area contributed by atoms with Crippen LogP contribution >= 0.6 is 23.2 Å². The molecule has 0 amide bonds. The molecule has 1 aromatic carbocycles. The Kier molecular flexibility index (Phi) is 3.39. The molecule has 2 heterocycles. The summed E-state index contributed by atoms with van der Waals surface area (Å²) >= 11 is 12.3. The lowest BCUT2D eigenvalue weighted by Gasteiger charge is -2.39.